The molecule has 0 unspecified atom stereocenters. The fraction of sp³-hybridized carbons (Fsp3) is 0.429. The minimum absolute atomic E-state index is 0. The second-order valence-corrected chi connectivity index (χ2v) is 6.71. The molecule has 3 rings (SSSR count). The molecule has 6 heteroatoms. The molecule has 2 aromatic rings. The van der Waals surface area contributed by atoms with E-state index in [1.165, 1.54) is 43.5 Å². The molecule has 0 bridgehead atoms. The number of pyridine rings is 1. The van der Waals surface area contributed by atoms with E-state index in [4.69, 9.17) is 0 Å². The number of aliphatic imine (C=N–C) groups is 1. The topological polar surface area (TPSA) is 52.6 Å². The van der Waals surface area contributed by atoms with Crippen molar-refractivity contribution in [2.24, 2.45) is 4.99 Å². The zero-order valence-corrected chi connectivity index (χ0v) is 18.4. The quantitative estimate of drug-likeness (QED) is 0.378. The molecule has 0 amide bonds. The lowest BCUT2D eigenvalue weighted by Crippen LogP contribution is -2.37. The molecule has 0 aliphatic carbocycles. The van der Waals surface area contributed by atoms with E-state index < -0.39 is 0 Å². The van der Waals surface area contributed by atoms with Crippen molar-refractivity contribution in [3.8, 4) is 0 Å². The minimum Gasteiger partial charge on any atom is -0.352 e. The number of piperidine rings is 1. The summed E-state index contributed by atoms with van der Waals surface area (Å²) in [5.74, 6) is 0.795. The number of guanidine groups is 1. The van der Waals surface area contributed by atoms with Crippen molar-refractivity contribution in [1.29, 1.82) is 0 Å². The van der Waals surface area contributed by atoms with Gasteiger partial charge in [-0.15, -0.1) is 24.0 Å². The molecule has 2 heterocycles. The number of nitrogens with one attached hydrogen (secondary N) is 2. The third-order valence-electron chi connectivity index (χ3n) is 4.79. The predicted octanol–water partition coefficient (Wildman–Crippen LogP) is 3.55. The van der Waals surface area contributed by atoms with Crippen LogP contribution in [0.2, 0.25) is 0 Å². The lowest BCUT2D eigenvalue weighted by Gasteiger charge is -2.27. The summed E-state index contributed by atoms with van der Waals surface area (Å²) in [7, 11) is 1.80. The summed E-state index contributed by atoms with van der Waals surface area (Å²) in [5.41, 5.74) is 3.74. The van der Waals surface area contributed by atoms with E-state index in [9.17, 15) is 0 Å². The Hall–Kier alpha value is -1.67. The van der Waals surface area contributed by atoms with Crippen molar-refractivity contribution in [3.05, 3.63) is 65.5 Å². The largest absolute Gasteiger partial charge is 0.352 e. The normalized spacial score (nSPS) is 15.1. The Bertz CT molecular complexity index is 699. The molecular weight excluding hydrogens is 449 g/mol. The average molecular weight is 479 g/mol. The third kappa shape index (κ3) is 7.10. The van der Waals surface area contributed by atoms with Crippen molar-refractivity contribution in [1.82, 2.24) is 20.5 Å². The average Bonchev–Trinajstić information content (AvgIpc) is 2.71. The standard InChI is InChI=1S/C21H29N5.HI/c1-22-21(25-16-20-11-5-6-12-23-20)24-15-18-9-3-4-10-19(18)17-26-13-7-2-8-14-26;/h3-6,9-12H,2,7-8,13-17H2,1H3,(H2,22,24,25);1H. The van der Waals surface area contributed by atoms with Crippen LogP contribution in [0, 0.1) is 0 Å². The molecule has 1 aromatic carbocycles. The molecular formula is C21H30IN5. The van der Waals surface area contributed by atoms with Gasteiger partial charge in [0, 0.05) is 26.3 Å². The Morgan fingerprint density at radius 2 is 1.67 bits per heavy atom. The number of benzene rings is 1. The minimum atomic E-state index is 0. The first-order valence-electron chi connectivity index (χ1n) is 9.49. The summed E-state index contributed by atoms with van der Waals surface area (Å²) in [5, 5.41) is 6.75. The Kier molecular flexibility index (Phi) is 9.55. The number of halogens is 1. The van der Waals surface area contributed by atoms with Gasteiger partial charge in [0.15, 0.2) is 5.96 Å². The summed E-state index contributed by atoms with van der Waals surface area (Å²) < 4.78 is 0. The van der Waals surface area contributed by atoms with Crippen LogP contribution in [0.3, 0.4) is 0 Å². The number of hydrogen-bond donors (Lipinski definition) is 2. The zero-order chi connectivity index (χ0) is 18.0. The second-order valence-electron chi connectivity index (χ2n) is 6.71. The summed E-state index contributed by atoms with van der Waals surface area (Å²) in [4.78, 5) is 11.2. The van der Waals surface area contributed by atoms with Gasteiger partial charge in [0.1, 0.15) is 0 Å². The van der Waals surface area contributed by atoms with Crippen LogP contribution in [-0.4, -0.2) is 36.0 Å². The molecule has 1 aliphatic heterocycles. The smallest absolute Gasteiger partial charge is 0.191 e. The van der Waals surface area contributed by atoms with E-state index in [-0.39, 0.29) is 24.0 Å². The SMILES string of the molecule is CN=C(NCc1ccccn1)NCc1ccccc1CN1CCCCC1.I. The Labute approximate surface area is 179 Å². The molecule has 0 radical (unpaired) electrons. The van der Waals surface area contributed by atoms with Crippen molar-refractivity contribution in [2.45, 2.75) is 38.9 Å². The van der Waals surface area contributed by atoms with Crippen LogP contribution in [0.4, 0.5) is 0 Å². The Morgan fingerprint density at radius 3 is 2.37 bits per heavy atom. The predicted molar refractivity (Wildman–Crippen MR) is 122 cm³/mol. The maximum atomic E-state index is 4.33. The van der Waals surface area contributed by atoms with Gasteiger partial charge in [-0.2, -0.15) is 0 Å². The molecule has 1 aromatic heterocycles. The van der Waals surface area contributed by atoms with Crippen LogP contribution in [0.1, 0.15) is 36.1 Å². The van der Waals surface area contributed by atoms with Crippen LogP contribution >= 0.6 is 24.0 Å². The highest BCUT2D eigenvalue weighted by atomic mass is 127. The second kappa shape index (κ2) is 11.9. The molecule has 0 spiro atoms. The van der Waals surface area contributed by atoms with Crippen LogP contribution in [-0.2, 0) is 19.6 Å². The van der Waals surface area contributed by atoms with Gasteiger partial charge in [0.05, 0.1) is 12.2 Å². The van der Waals surface area contributed by atoms with E-state index in [0.29, 0.717) is 6.54 Å². The maximum absolute atomic E-state index is 4.33. The van der Waals surface area contributed by atoms with Crippen molar-refractivity contribution >= 4 is 29.9 Å². The monoisotopic (exact) mass is 479 g/mol. The van der Waals surface area contributed by atoms with Crippen LogP contribution in [0.5, 0.6) is 0 Å². The summed E-state index contributed by atoms with van der Waals surface area (Å²) in [6, 6.07) is 14.6. The lowest BCUT2D eigenvalue weighted by molar-refractivity contribution is 0.220. The first kappa shape index (κ1) is 21.6. The van der Waals surface area contributed by atoms with Gasteiger partial charge in [-0.1, -0.05) is 36.8 Å². The van der Waals surface area contributed by atoms with E-state index in [2.05, 4.69) is 49.8 Å². The molecule has 0 saturated carbocycles. The van der Waals surface area contributed by atoms with E-state index in [1.54, 1.807) is 7.05 Å². The molecule has 1 saturated heterocycles. The van der Waals surface area contributed by atoms with Gasteiger partial charge < -0.3 is 10.6 Å². The van der Waals surface area contributed by atoms with Gasteiger partial charge in [-0.3, -0.25) is 14.9 Å². The number of nitrogens with zero attached hydrogens (tertiary/aromatic N) is 3. The van der Waals surface area contributed by atoms with Gasteiger partial charge in [0.25, 0.3) is 0 Å². The van der Waals surface area contributed by atoms with E-state index >= 15 is 0 Å². The highest BCUT2D eigenvalue weighted by Gasteiger charge is 2.12. The molecule has 146 valence electrons. The Balaban J connectivity index is 0.00000261. The lowest BCUT2D eigenvalue weighted by atomic mass is 10.0. The number of likely N-dealkylation sites (tertiary alicyclic amines) is 1. The number of hydrogen-bond acceptors (Lipinski definition) is 3. The van der Waals surface area contributed by atoms with E-state index in [1.807, 2.05) is 24.4 Å². The van der Waals surface area contributed by atoms with Gasteiger partial charge >= 0.3 is 0 Å². The zero-order valence-electron chi connectivity index (χ0n) is 16.0. The number of rotatable bonds is 6. The first-order valence-corrected chi connectivity index (χ1v) is 9.49. The van der Waals surface area contributed by atoms with Crippen LogP contribution in [0.15, 0.2) is 53.7 Å². The first-order chi connectivity index (χ1) is 12.8. The van der Waals surface area contributed by atoms with Gasteiger partial charge in [0.2, 0.25) is 0 Å². The molecule has 2 N–H and O–H groups in total. The number of aromatic nitrogens is 1. The summed E-state index contributed by atoms with van der Waals surface area (Å²) >= 11 is 0. The highest BCUT2D eigenvalue weighted by Crippen LogP contribution is 2.16. The summed E-state index contributed by atoms with van der Waals surface area (Å²) in [6.07, 6.45) is 5.83. The summed E-state index contributed by atoms with van der Waals surface area (Å²) in [6.45, 7) is 4.91. The fourth-order valence-corrected chi connectivity index (χ4v) is 3.32. The maximum Gasteiger partial charge on any atom is 0.191 e. The molecule has 0 atom stereocenters. The van der Waals surface area contributed by atoms with Gasteiger partial charge in [-0.25, -0.2) is 0 Å². The van der Waals surface area contributed by atoms with Gasteiger partial charge in [-0.05, 0) is 49.2 Å². The third-order valence-corrected chi connectivity index (χ3v) is 4.79. The fourth-order valence-electron chi connectivity index (χ4n) is 3.32. The van der Waals surface area contributed by atoms with E-state index in [0.717, 1.165) is 24.7 Å². The van der Waals surface area contributed by atoms with Crippen molar-refractivity contribution in [3.63, 3.8) is 0 Å². The van der Waals surface area contributed by atoms with Crippen molar-refractivity contribution in [2.75, 3.05) is 20.1 Å². The Morgan fingerprint density at radius 1 is 0.963 bits per heavy atom. The van der Waals surface area contributed by atoms with Crippen molar-refractivity contribution < 1.29 is 0 Å². The highest BCUT2D eigenvalue weighted by molar-refractivity contribution is 14.0. The molecule has 27 heavy (non-hydrogen) atoms. The van der Waals surface area contributed by atoms with Crippen LogP contribution in [0.25, 0.3) is 0 Å². The molecule has 1 fully saturated rings. The molecule has 1 aliphatic rings. The van der Waals surface area contributed by atoms with Crippen LogP contribution < -0.4 is 10.6 Å². The molecule has 5 nitrogen and oxygen atoms in total.